The van der Waals surface area contributed by atoms with Gasteiger partial charge in [-0.3, -0.25) is 0 Å². The van der Waals surface area contributed by atoms with Gasteiger partial charge in [0.25, 0.3) is 0 Å². The van der Waals surface area contributed by atoms with Gasteiger partial charge in [0.1, 0.15) is 0 Å². The van der Waals surface area contributed by atoms with Crippen LogP contribution in [0.15, 0.2) is 24.3 Å². The van der Waals surface area contributed by atoms with E-state index in [0.717, 1.165) is 12.0 Å². The second-order valence-electron chi connectivity index (χ2n) is 4.68. The van der Waals surface area contributed by atoms with Gasteiger partial charge in [-0.25, -0.2) is 0 Å². The Balaban J connectivity index is 0.00000196. The Bertz CT molecular complexity index is 340. The molecule has 15 heavy (non-hydrogen) atoms. The van der Waals surface area contributed by atoms with E-state index >= 15 is 0 Å². The Morgan fingerprint density at radius 3 is 2.27 bits per heavy atom. The zero-order valence-electron chi connectivity index (χ0n) is 9.83. The van der Waals surface area contributed by atoms with Crippen LogP contribution in [0.3, 0.4) is 0 Å². The Morgan fingerprint density at radius 1 is 1.27 bits per heavy atom. The van der Waals surface area contributed by atoms with Crippen molar-refractivity contribution in [3.8, 4) is 0 Å². The van der Waals surface area contributed by atoms with Gasteiger partial charge in [0, 0.05) is 5.56 Å². The average Bonchev–Trinajstić information content (AvgIpc) is 2.01. The molecule has 0 saturated heterocycles. The molecule has 0 spiro atoms. The van der Waals surface area contributed by atoms with Crippen LogP contribution in [0, 0.1) is 5.41 Å². The minimum atomic E-state index is -1.09. The smallest absolute Gasteiger partial charge is 0.545 e. The molecule has 0 aliphatic rings. The quantitative estimate of drug-likeness (QED) is 0.571. The van der Waals surface area contributed by atoms with Crippen LogP contribution in [0.4, 0.5) is 0 Å². The molecule has 0 radical (unpaired) electrons. The number of rotatable bonds is 2. The van der Waals surface area contributed by atoms with E-state index in [4.69, 9.17) is 0 Å². The maximum absolute atomic E-state index is 10.8. The number of carboxylic acid groups (broad SMARTS) is 1. The van der Waals surface area contributed by atoms with Crippen molar-refractivity contribution in [2.45, 2.75) is 27.2 Å². The first-order valence-corrected chi connectivity index (χ1v) is 4.69. The fraction of sp³-hybridized carbons (Fsp3) is 0.417. The summed E-state index contributed by atoms with van der Waals surface area (Å²) in [4.78, 5) is 10.8. The van der Waals surface area contributed by atoms with Gasteiger partial charge in [-0.05, 0) is 17.4 Å². The van der Waals surface area contributed by atoms with Gasteiger partial charge in [0.15, 0.2) is 0 Å². The molecule has 0 aliphatic heterocycles. The normalized spacial score (nSPS) is 10.6. The van der Waals surface area contributed by atoms with Gasteiger partial charge in [-0.1, -0.05) is 45.0 Å². The molecule has 0 amide bonds. The van der Waals surface area contributed by atoms with Gasteiger partial charge >= 0.3 is 29.6 Å². The van der Waals surface area contributed by atoms with Gasteiger partial charge in [0.2, 0.25) is 0 Å². The molecular formula is C12H15NaO2. The second kappa shape index (κ2) is 5.69. The van der Waals surface area contributed by atoms with E-state index < -0.39 is 5.97 Å². The van der Waals surface area contributed by atoms with E-state index in [9.17, 15) is 9.90 Å². The number of benzene rings is 1. The minimum Gasteiger partial charge on any atom is -0.545 e. The summed E-state index contributed by atoms with van der Waals surface area (Å²) in [5.41, 5.74) is 1.24. The predicted molar refractivity (Wildman–Crippen MR) is 53.9 cm³/mol. The zero-order valence-corrected chi connectivity index (χ0v) is 11.8. The number of carbonyl (C=O) groups is 1. The van der Waals surface area contributed by atoms with Crippen LogP contribution in [0.5, 0.6) is 0 Å². The predicted octanol–water partition coefficient (Wildman–Crippen LogP) is -1.36. The van der Waals surface area contributed by atoms with Crippen molar-refractivity contribution in [2.24, 2.45) is 5.41 Å². The third-order valence-electron chi connectivity index (χ3n) is 1.96. The Labute approximate surface area is 113 Å². The van der Waals surface area contributed by atoms with Crippen LogP contribution in [-0.2, 0) is 6.42 Å². The van der Waals surface area contributed by atoms with Crippen molar-refractivity contribution >= 4 is 5.97 Å². The molecule has 0 bridgehead atoms. The molecule has 1 aromatic carbocycles. The summed E-state index contributed by atoms with van der Waals surface area (Å²) in [7, 11) is 0. The Kier molecular flexibility index (Phi) is 5.57. The Morgan fingerprint density at radius 2 is 1.80 bits per heavy atom. The number of carboxylic acids is 1. The van der Waals surface area contributed by atoms with Crippen molar-refractivity contribution in [3.05, 3.63) is 35.4 Å². The third-order valence-corrected chi connectivity index (χ3v) is 1.96. The molecule has 0 aliphatic carbocycles. The molecule has 2 nitrogen and oxygen atoms in total. The molecule has 1 rings (SSSR count). The van der Waals surface area contributed by atoms with Crippen LogP contribution in [0.1, 0.15) is 36.7 Å². The standard InChI is InChI=1S/C12H16O2.Na/c1-12(2,3)8-9-6-4-5-7-10(9)11(13)14;/h4-7H,8H2,1-3H3,(H,13,14);/q;+1/p-1. The number of hydrogen-bond acceptors (Lipinski definition) is 2. The topological polar surface area (TPSA) is 40.1 Å². The molecule has 0 N–H and O–H groups in total. The van der Waals surface area contributed by atoms with Crippen molar-refractivity contribution in [1.29, 1.82) is 0 Å². The monoisotopic (exact) mass is 214 g/mol. The van der Waals surface area contributed by atoms with Crippen molar-refractivity contribution in [3.63, 3.8) is 0 Å². The van der Waals surface area contributed by atoms with Crippen molar-refractivity contribution in [2.75, 3.05) is 0 Å². The molecule has 0 aromatic heterocycles. The second-order valence-corrected chi connectivity index (χ2v) is 4.68. The molecule has 3 heteroatoms. The van der Waals surface area contributed by atoms with Crippen molar-refractivity contribution < 1.29 is 39.5 Å². The van der Waals surface area contributed by atoms with Gasteiger partial charge in [0.05, 0.1) is 5.97 Å². The first-order chi connectivity index (χ1) is 6.40. The minimum absolute atomic E-state index is 0. The zero-order chi connectivity index (χ0) is 10.8. The fourth-order valence-corrected chi connectivity index (χ4v) is 1.44. The number of aromatic carboxylic acids is 1. The maximum Gasteiger partial charge on any atom is 1.00 e. The van der Waals surface area contributed by atoms with Gasteiger partial charge < -0.3 is 9.90 Å². The van der Waals surface area contributed by atoms with Crippen LogP contribution < -0.4 is 34.7 Å². The molecule has 0 saturated carbocycles. The van der Waals surface area contributed by atoms with E-state index in [1.807, 2.05) is 12.1 Å². The summed E-state index contributed by atoms with van der Waals surface area (Å²) in [6.45, 7) is 6.25. The SMILES string of the molecule is CC(C)(C)Cc1ccccc1C(=O)[O-].[Na+]. The van der Waals surface area contributed by atoms with Crippen molar-refractivity contribution in [1.82, 2.24) is 0 Å². The van der Waals surface area contributed by atoms with Crippen LogP contribution in [0.25, 0.3) is 0 Å². The summed E-state index contributed by atoms with van der Waals surface area (Å²) in [5.74, 6) is -1.09. The van der Waals surface area contributed by atoms with E-state index in [-0.39, 0.29) is 35.0 Å². The molecule has 0 unspecified atom stereocenters. The molecule has 0 atom stereocenters. The van der Waals surface area contributed by atoms with Gasteiger partial charge in [-0.15, -0.1) is 0 Å². The van der Waals surface area contributed by atoms with Crippen LogP contribution in [-0.4, -0.2) is 5.97 Å². The summed E-state index contributed by atoms with van der Waals surface area (Å²) in [5, 5.41) is 10.8. The van der Waals surface area contributed by atoms with E-state index in [0.29, 0.717) is 5.56 Å². The molecule has 1 aromatic rings. The molecule has 0 fully saturated rings. The van der Waals surface area contributed by atoms with Crippen LogP contribution >= 0.6 is 0 Å². The fourth-order valence-electron chi connectivity index (χ4n) is 1.44. The first kappa shape index (κ1) is 14.7. The molecule has 76 valence electrons. The van der Waals surface area contributed by atoms with E-state index in [2.05, 4.69) is 20.8 Å². The van der Waals surface area contributed by atoms with E-state index in [1.165, 1.54) is 0 Å². The molecular weight excluding hydrogens is 199 g/mol. The summed E-state index contributed by atoms with van der Waals surface area (Å²) >= 11 is 0. The average molecular weight is 214 g/mol. The van der Waals surface area contributed by atoms with E-state index in [1.54, 1.807) is 12.1 Å². The Hall–Kier alpha value is -0.310. The summed E-state index contributed by atoms with van der Waals surface area (Å²) in [6, 6.07) is 7.01. The largest absolute Gasteiger partial charge is 1.00 e. The third kappa shape index (κ3) is 4.83. The first-order valence-electron chi connectivity index (χ1n) is 4.69. The number of carbonyl (C=O) groups excluding carboxylic acids is 1. The maximum atomic E-state index is 10.8. The van der Waals surface area contributed by atoms with Crippen LogP contribution in [0.2, 0.25) is 0 Å². The van der Waals surface area contributed by atoms with Gasteiger partial charge in [-0.2, -0.15) is 0 Å². The number of hydrogen-bond donors (Lipinski definition) is 0. The molecule has 0 heterocycles. The summed E-state index contributed by atoms with van der Waals surface area (Å²) in [6.07, 6.45) is 0.747. The summed E-state index contributed by atoms with van der Waals surface area (Å²) < 4.78 is 0.